The molecule has 0 N–H and O–H groups in total. The molecule has 3 heterocycles. The molecule has 0 saturated carbocycles. The second-order valence-corrected chi connectivity index (χ2v) is 6.30. The molecule has 0 fully saturated rings. The maximum Gasteiger partial charge on any atom is 0.213 e. The quantitative estimate of drug-likeness (QED) is 0.703. The van der Waals surface area contributed by atoms with Crippen molar-refractivity contribution in [2.45, 2.75) is 18.7 Å². The summed E-state index contributed by atoms with van der Waals surface area (Å²) in [6.07, 6.45) is 4.24. The monoisotopic (exact) mass is 327 g/mol. The molecule has 2 aliphatic rings. The van der Waals surface area contributed by atoms with Crippen molar-refractivity contribution in [2.75, 3.05) is 0 Å². The van der Waals surface area contributed by atoms with Gasteiger partial charge in [0.25, 0.3) is 0 Å². The van der Waals surface area contributed by atoms with Gasteiger partial charge in [-0.2, -0.15) is 5.10 Å². The third kappa shape index (κ3) is 2.38. The topological polar surface area (TPSA) is 37.7 Å². The van der Waals surface area contributed by atoms with E-state index < -0.39 is 0 Å². The summed E-state index contributed by atoms with van der Waals surface area (Å²) in [5.41, 5.74) is 4.53. The summed E-state index contributed by atoms with van der Waals surface area (Å²) >= 11 is 0. The van der Waals surface area contributed by atoms with Gasteiger partial charge in [-0.15, -0.1) is 0 Å². The Morgan fingerprint density at radius 2 is 1.64 bits per heavy atom. The molecule has 2 aliphatic heterocycles. The number of benzene rings is 2. The van der Waals surface area contributed by atoms with Gasteiger partial charge in [0.2, 0.25) is 6.23 Å². The first-order valence-corrected chi connectivity index (χ1v) is 8.47. The summed E-state index contributed by atoms with van der Waals surface area (Å²) in [4.78, 5) is 4.12. The second-order valence-electron chi connectivity index (χ2n) is 6.30. The first kappa shape index (κ1) is 14.2. The van der Waals surface area contributed by atoms with Crippen molar-refractivity contribution in [2.24, 2.45) is 5.10 Å². The van der Waals surface area contributed by atoms with E-state index in [0.717, 1.165) is 23.4 Å². The van der Waals surface area contributed by atoms with Gasteiger partial charge in [-0.1, -0.05) is 48.5 Å². The highest BCUT2D eigenvalue weighted by molar-refractivity contribution is 6.01. The van der Waals surface area contributed by atoms with E-state index in [2.05, 4.69) is 46.4 Å². The smallest absolute Gasteiger partial charge is 0.213 e. The predicted molar refractivity (Wildman–Crippen MR) is 96.2 cm³/mol. The van der Waals surface area contributed by atoms with E-state index in [0.29, 0.717) is 0 Å². The molecular formula is C21H17N3O. The van der Waals surface area contributed by atoms with Crippen molar-refractivity contribution in [1.82, 2.24) is 9.99 Å². The number of para-hydroxylation sites is 1. The zero-order chi connectivity index (χ0) is 16.6. The van der Waals surface area contributed by atoms with Gasteiger partial charge in [-0.25, -0.2) is 5.01 Å². The lowest BCUT2D eigenvalue weighted by Crippen LogP contribution is -2.33. The van der Waals surface area contributed by atoms with Gasteiger partial charge in [0.05, 0.1) is 11.8 Å². The number of hydrogen-bond donors (Lipinski definition) is 0. The van der Waals surface area contributed by atoms with Crippen LogP contribution in [0.5, 0.6) is 5.75 Å². The fraction of sp³-hybridized carbons (Fsp3) is 0.143. The molecular weight excluding hydrogens is 310 g/mol. The van der Waals surface area contributed by atoms with Gasteiger partial charge in [-0.05, 0) is 23.8 Å². The van der Waals surface area contributed by atoms with Crippen molar-refractivity contribution in [3.8, 4) is 5.75 Å². The Kier molecular flexibility index (Phi) is 3.27. The standard InChI is InChI=1S/C21H17N3O/c1-2-6-15(7-3-1)18-14-19-17-8-4-5-9-20(17)25-21(24(19)23-18)16-10-12-22-13-11-16/h1-13,19,21H,14H2/t19-,21+/m1/s1. The summed E-state index contributed by atoms with van der Waals surface area (Å²) in [5, 5.41) is 7.04. The summed E-state index contributed by atoms with van der Waals surface area (Å²) in [7, 11) is 0. The van der Waals surface area contributed by atoms with E-state index in [9.17, 15) is 0 Å². The largest absolute Gasteiger partial charge is 0.464 e. The minimum absolute atomic E-state index is 0.193. The predicted octanol–water partition coefficient (Wildman–Crippen LogP) is 4.32. The van der Waals surface area contributed by atoms with Crippen molar-refractivity contribution >= 4 is 5.71 Å². The molecule has 3 aromatic rings. The van der Waals surface area contributed by atoms with Crippen molar-refractivity contribution in [3.05, 3.63) is 95.8 Å². The Hall–Kier alpha value is -3.14. The summed E-state index contributed by atoms with van der Waals surface area (Å²) in [5.74, 6) is 0.940. The highest BCUT2D eigenvalue weighted by Crippen LogP contribution is 2.47. The number of rotatable bonds is 2. The van der Waals surface area contributed by atoms with Gasteiger partial charge in [0, 0.05) is 29.9 Å². The zero-order valence-electron chi connectivity index (χ0n) is 13.6. The molecule has 0 unspecified atom stereocenters. The van der Waals surface area contributed by atoms with Crippen molar-refractivity contribution < 1.29 is 4.74 Å². The summed E-state index contributed by atoms with van der Waals surface area (Å²) in [6, 6.07) is 22.8. The number of nitrogens with zero attached hydrogens (tertiary/aromatic N) is 3. The van der Waals surface area contributed by atoms with Gasteiger partial charge < -0.3 is 4.74 Å². The lowest BCUT2D eigenvalue weighted by molar-refractivity contribution is -0.0190. The Morgan fingerprint density at radius 1 is 0.880 bits per heavy atom. The van der Waals surface area contributed by atoms with Crippen molar-refractivity contribution in [3.63, 3.8) is 0 Å². The molecule has 4 nitrogen and oxygen atoms in total. The lowest BCUT2D eigenvalue weighted by Gasteiger charge is -2.38. The maximum atomic E-state index is 6.31. The molecule has 0 radical (unpaired) electrons. The molecule has 5 rings (SSSR count). The van der Waals surface area contributed by atoms with Crippen LogP contribution < -0.4 is 4.74 Å². The van der Waals surface area contributed by atoms with E-state index in [4.69, 9.17) is 9.84 Å². The van der Waals surface area contributed by atoms with Crippen molar-refractivity contribution in [1.29, 1.82) is 0 Å². The van der Waals surface area contributed by atoms with Crippen LogP contribution in [-0.2, 0) is 0 Å². The van der Waals surface area contributed by atoms with Crippen LogP contribution in [0.15, 0.2) is 84.2 Å². The Labute approximate surface area is 146 Å². The van der Waals surface area contributed by atoms with Gasteiger partial charge in [0.1, 0.15) is 5.75 Å². The number of hydrazone groups is 1. The van der Waals surface area contributed by atoms with Gasteiger partial charge in [-0.3, -0.25) is 4.98 Å². The average Bonchev–Trinajstić information content (AvgIpc) is 3.14. The number of aromatic nitrogens is 1. The SMILES string of the molecule is c1ccc(C2=NN3[C@H](C2)c2ccccc2O[C@H]3c2ccncc2)cc1. The van der Waals surface area contributed by atoms with Crippen LogP contribution in [-0.4, -0.2) is 15.7 Å². The van der Waals surface area contributed by atoms with Crippen LogP contribution in [0.3, 0.4) is 0 Å². The van der Waals surface area contributed by atoms with Gasteiger partial charge >= 0.3 is 0 Å². The number of ether oxygens (including phenoxy) is 1. The highest BCUT2D eigenvalue weighted by atomic mass is 16.5. The number of fused-ring (bicyclic) bond motifs is 3. The number of hydrogen-bond acceptors (Lipinski definition) is 4. The molecule has 122 valence electrons. The summed E-state index contributed by atoms with van der Waals surface area (Å²) < 4.78 is 6.31. The number of pyridine rings is 1. The van der Waals surface area contributed by atoms with E-state index in [1.54, 1.807) is 12.4 Å². The molecule has 2 aromatic carbocycles. The fourth-order valence-electron chi connectivity index (χ4n) is 3.59. The molecule has 4 heteroatoms. The Morgan fingerprint density at radius 3 is 2.48 bits per heavy atom. The molecule has 0 spiro atoms. The molecule has 0 amide bonds. The minimum Gasteiger partial charge on any atom is -0.464 e. The summed E-state index contributed by atoms with van der Waals surface area (Å²) in [6.45, 7) is 0. The third-order valence-electron chi connectivity index (χ3n) is 4.80. The van der Waals surface area contributed by atoms with Crippen LogP contribution in [0.25, 0.3) is 0 Å². The third-order valence-corrected chi connectivity index (χ3v) is 4.80. The van der Waals surface area contributed by atoms with Crippen LogP contribution in [0, 0.1) is 0 Å². The average molecular weight is 327 g/mol. The van der Waals surface area contributed by atoms with Crippen LogP contribution in [0.4, 0.5) is 0 Å². The molecule has 25 heavy (non-hydrogen) atoms. The Balaban J connectivity index is 1.61. The second kappa shape index (κ2) is 5.74. The van der Waals surface area contributed by atoms with E-state index >= 15 is 0 Å². The Bertz CT molecular complexity index is 924. The van der Waals surface area contributed by atoms with Gasteiger partial charge in [0.15, 0.2) is 0 Å². The zero-order valence-corrected chi connectivity index (χ0v) is 13.6. The molecule has 0 saturated heterocycles. The van der Waals surface area contributed by atoms with Crippen LogP contribution >= 0.6 is 0 Å². The first-order chi connectivity index (χ1) is 12.4. The van der Waals surface area contributed by atoms with E-state index in [1.165, 1.54) is 11.1 Å². The van der Waals surface area contributed by atoms with E-state index in [-0.39, 0.29) is 12.3 Å². The highest BCUT2D eigenvalue weighted by Gasteiger charge is 2.40. The lowest BCUT2D eigenvalue weighted by atomic mass is 9.96. The minimum atomic E-state index is -0.232. The van der Waals surface area contributed by atoms with Crippen LogP contribution in [0.2, 0.25) is 0 Å². The molecule has 0 bridgehead atoms. The van der Waals surface area contributed by atoms with E-state index in [1.807, 2.05) is 30.3 Å². The fourth-order valence-corrected chi connectivity index (χ4v) is 3.59. The normalized spacial score (nSPS) is 21.1. The molecule has 2 atom stereocenters. The van der Waals surface area contributed by atoms with Crippen LogP contribution in [0.1, 0.15) is 35.4 Å². The maximum absolute atomic E-state index is 6.31. The first-order valence-electron chi connectivity index (χ1n) is 8.47. The molecule has 1 aromatic heterocycles. The molecule has 0 aliphatic carbocycles.